The lowest BCUT2D eigenvalue weighted by atomic mass is 10.2. The van der Waals surface area contributed by atoms with Crippen LogP contribution in [0.2, 0.25) is 0 Å². The fourth-order valence-electron chi connectivity index (χ4n) is 2.61. The van der Waals surface area contributed by atoms with E-state index in [2.05, 4.69) is 9.71 Å². The molecule has 0 saturated heterocycles. The molecule has 0 bridgehead atoms. The minimum atomic E-state index is -3.68. The molecule has 6 nitrogen and oxygen atoms in total. The van der Waals surface area contributed by atoms with Crippen molar-refractivity contribution in [3.63, 3.8) is 0 Å². The predicted molar refractivity (Wildman–Crippen MR) is 86.5 cm³/mol. The molecule has 1 aromatic carbocycles. The Bertz CT molecular complexity index is 850. The number of carbonyl (C=O) groups excluding carboxylic acids is 1. The fourth-order valence-corrected chi connectivity index (χ4v) is 3.87. The average Bonchev–Trinajstić information content (AvgIpc) is 2.82. The van der Waals surface area contributed by atoms with Crippen LogP contribution in [0.5, 0.6) is 0 Å². The number of fused-ring (bicyclic) bond motifs is 1. The molecule has 0 radical (unpaired) electrons. The van der Waals surface area contributed by atoms with Crippen LogP contribution in [0.15, 0.2) is 47.5 Å². The molecule has 7 heteroatoms. The van der Waals surface area contributed by atoms with Crippen molar-refractivity contribution >= 4 is 21.6 Å². The van der Waals surface area contributed by atoms with E-state index in [-0.39, 0.29) is 17.2 Å². The summed E-state index contributed by atoms with van der Waals surface area (Å²) in [6.45, 7) is 1.74. The number of rotatable bonds is 4. The van der Waals surface area contributed by atoms with Crippen molar-refractivity contribution < 1.29 is 13.2 Å². The number of nitrogens with zero attached hydrogens (tertiary/aromatic N) is 2. The molecule has 1 atom stereocenters. The third-order valence-corrected chi connectivity index (χ3v) is 5.44. The summed E-state index contributed by atoms with van der Waals surface area (Å²) in [4.78, 5) is 17.6. The van der Waals surface area contributed by atoms with Crippen molar-refractivity contribution in [1.82, 2.24) is 9.71 Å². The number of sulfonamides is 1. The van der Waals surface area contributed by atoms with E-state index in [1.807, 2.05) is 6.07 Å². The number of pyridine rings is 1. The number of amides is 1. The van der Waals surface area contributed by atoms with Gasteiger partial charge in [-0.1, -0.05) is 6.07 Å². The number of aromatic nitrogens is 1. The van der Waals surface area contributed by atoms with E-state index in [1.54, 1.807) is 44.4 Å². The second kappa shape index (κ2) is 5.75. The summed E-state index contributed by atoms with van der Waals surface area (Å²) >= 11 is 0. The molecule has 120 valence electrons. The Labute approximate surface area is 135 Å². The molecule has 0 fully saturated rings. The molecule has 1 N–H and O–H groups in total. The molecule has 1 unspecified atom stereocenters. The molecule has 1 amide bonds. The Hall–Kier alpha value is -2.25. The van der Waals surface area contributed by atoms with Gasteiger partial charge in [-0.05, 0) is 42.8 Å². The molecule has 3 rings (SSSR count). The van der Waals surface area contributed by atoms with Gasteiger partial charge in [0, 0.05) is 18.9 Å². The summed E-state index contributed by atoms with van der Waals surface area (Å²) in [5, 5.41) is 0. The Balaban J connectivity index is 1.87. The molecule has 2 heterocycles. The standard InChI is InChI=1S/C16H17N3O3S/c1-11(14-5-3-4-8-17-14)18-23(21,22)13-6-7-15-12(9-13)10-16(20)19(15)2/h3-9,11,18H,10H2,1-2H3. The van der Waals surface area contributed by atoms with Gasteiger partial charge in [0.25, 0.3) is 0 Å². The zero-order chi connectivity index (χ0) is 16.6. The zero-order valence-electron chi connectivity index (χ0n) is 12.9. The van der Waals surface area contributed by atoms with Crippen LogP contribution >= 0.6 is 0 Å². The fraction of sp³-hybridized carbons (Fsp3) is 0.250. The summed E-state index contributed by atoms with van der Waals surface area (Å²) in [7, 11) is -2.00. The van der Waals surface area contributed by atoms with Crippen LogP contribution in [0.3, 0.4) is 0 Å². The van der Waals surface area contributed by atoms with Crippen molar-refractivity contribution in [3.8, 4) is 0 Å². The van der Waals surface area contributed by atoms with Crippen LogP contribution in [0.25, 0.3) is 0 Å². The number of carbonyl (C=O) groups is 1. The molecule has 0 saturated carbocycles. The van der Waals surface area contributed by atoms with Gasteiger partial charge in [0.1, 0.15) is 0 Å². The molecule has 1 aliphatic heterocycles. The highest BCUT2D eigenvalue weighted by Gasteiger charge is 2.27. The normalized spacial score (nSPS) is 15.6. The van der Waals surface area contributed by atoms with Crippen molar-refractivity contribution in [1.29, 1.82) is 0 Å². The first kappa shape index (κ1) is 15.6. The topological polar surface area (TPSA) is 79.4 Å². The largest absolute Gasteiger partial charge is 0.315 e. The number of benzene rings is 1. The second-order valence-corrected chi connectivity index (χ2v) is 7.23. The quantitative estimate of drug-likeness (QED) is 0.924. The van der Waals surface area contributed by atoms with Crippen LogP contribution in [0.4, 0.5) is 5.69 Å². The number of nitrogens with one attached hydrogen (secondary N) is 1. The number of anilines is 1. The van der Waals surface area contributed by atoms with E-state index in [9.17, 15) is 13.2 Å². The van der Waals surface area contributed by atoms with E-state index >= 15 is 0 Å². The van der Waals surface area contributed by atoms with Gasteiger partial charge in [0.2, 0.25) is 15.9 Å². The van der Waals surface area contributed by atoms with E-state index in [1.165, 1.54) is 11.0 Å². The number of hydrogen-bond donors (Lipinski definition) is 1. The Morgan fingerprint density at radius 1 is 1.26 bits per heavy atom. The number of likely N-dealkylation sites (N-methyl/N-ethyl adjacent to an activating group) is 1. The molecule has 2 aromatic rings. The Morgan fingerprint density at radius 2 is 2.04 bits per heavy atom. The van der Waals surface area contributed by atoms with Gasteiger partial charge in [-0.2, -0.15) is 0 Å². The van der Waals surface area contributed by atoms with Gasteiger partial charge in [-0.25, -0.2) is 13.1 Å². The summed E-state index contributed by atoms with van der Waals surface area (Å²) in [5.41, 5.74) is 2.13. The molecule has 1 aliphatic rings. The lowest BCUT2D eigenvalue weighted by Crippen LogP contribution is -2.27. The maximum atomic E-state index is 12.5. The minimum Gasteiger partial charge on any atom is -0.315 e. The summed E-state index contributed by atoms with van der Waals surface area (Å²) in [6, 6.07) is 9.65. The molecule has 23 heavy (non-hydrogen) atoms. The van der Waals surface area contributed by atoms with Crippen molar-refractivity contribution in [2.24, 2.45) is 0 Å². The summed E-state index contributed by atoms with van der Waals surface area (Å²) < 4.78 is 27.7. The lowest BCUT2D eigenvalue weighted by Gasteiger charge is -2.15. The second-order valence-electron chi connectivity index (χ2n) is 5.52. The third-order valence-electron chi connectivity index (χ3n) is 3.90. The summed E-state index contributed by atoms with van der Waals surface area (Å²) in [6.07, 6.45) is 1.85. The lowest BCUT2D eigenvalue weighted by molar-refractivity contribution is -0.117. The van der Waals surface area contributed by atoms with E-state index in [0.29, 0.717) is 5.69 Å². The van der Waals surface area contributed by atoms with Gasteiger partial charge in [-0.15, -0.1) is 0 Å². The van der Waals surface area contributed by atoms with Crippen LogP contribution in [-0.4, -0.2) is 26.4 Å². The van der Waals surface area contributed by atoms with Crippen molar-refractivity contribution in [2.45, 2.75) is 24.3 Å². The van der Waals surface area contributed by atoms with E-state index < -0.39 is 16.1 Å². The highest BCUT2D eigenvalue weighted by molar-refractivity contribution is 7.89. The molecular weight excluding hydrogens is 314 g/mol. The molecule has 0 aliphatic carbocycles. The smallest absolute Gasteiger partial charge is 0.241 e. The van der Waals surface area contributed by atoms with Gasteiger partial charge in [0.05, 0.1) is 23.1 Å². The zero-order valence-corrected chi connectivity index (χ0v) is 13.7. The Kier molecular flexibility index (Phi) is 3.91. The monoisotopic (exact) mass is 331 g/mol. The molecule has 1 aromatic heterocycles. The van der Waals surface area contributed by atoms with Gasteiger partial charge in [-0.3, -0.25) is 9.78 Å². The first-order valence-corrected chi connectivity index (χ1v) is 8.69. The third kappa shape index (κ3) is 2.97. The highest BCUT2D eigenvalue weighted by Crippen LogP contribution is 2.30. The first-order valence-electron chi connectivity index (χ1n) is 7.21. The maximum absolute atomic E-state index is 12.5. The first-order chi connectivity index (χ1) is 10.9. The molecular formula is C16H17N3O3S. The van der Waals surface area contributed by atoms with Crippen LogP contribution in [0.1, 0.15) is 24.2 Å². The number of hydrogen-bond acceptors (Lipinski definition) is 4. The predicted octanol–water partition coefficient (Wildman–Crippen LogP) is 1.64. The maximum Gasteiger partial charge on any atom is 0.241 e. The highest BCUT2D eigenvalue weighted by atomic mass is 32.2. The Morgan fingerprint density at radius 3 is 2.74 bits per heavy atom. The van der Waals surface area contributed by atoms with Gasteiger partial charge >= 0.3 is 0 Å². The van der Waals surface area contributed by atoms with E-state index in [4.69, 9.17) is 0 Å². The van der Waals surface area contributed by atoms with Crippen LogP contribution < -0.4 is 9.62 Å². The van der Waals surface area contributed by atoms with Crippen molar-refractivity contribution in [2.75, 3.05) is 11.9 Å². The van der Waals surface area contributed by atoms with Crippen LogP contribution in [0, 0.1) is 0 Å². The van der Waals surface area contributed by atoms with Gasteiger partial charge in [0.15, 0.2) is 0 Å². The van der Waals surface area contributed by atoms with E-state index in [0.717, 1.165) is 11.3 Å². The molecule has 0 spiro atoms. The average molecular weight is 331 g/mol. The minimum absolute atomic E-state index is 0.0376. The van der Waals surface area contributed by atoms with Crippen molar-refractivity contribution in [3.05, 3.63) is 53.9 Å². The SMILES string of the molecule is CC(NS(=O)(=O)c1ccc2c(c1)CC(=O)N2C)c1ccccn1. The summed E-state index contributed by atoms with van der Waals surface area (Å²) in [5.74, 6) is -0.0376. The van der Waals surface area contributed by atoms with Crippen LogP contribution in [-0.2, 0) is 21.2 Å². The van der Waals surface area contributed by atoms with Gasteiger partial charge < -0.3 is 4.90 Å².